The number of aliphatic hydroxyl groups is 1. The molecule has 1 aromatic heterocycles. The Balaban J connectivity index is 1.57. The fourth-order valence-electron chi connectivity index (χ4n) is 5.28. The Bertz CT molecular complexity index is 871. The highest BCUT2D eigenvalue weighted by molar-refractivity contribution is 5.94. The van der Waals surface area contributed by atoms with Crippen LogP contribution in [-0.2, 0) is 10.9 Å². The van der Waals surface area contributed by atoms with Crippen LogP contribution in [0.2, 0.25) is 0 Å². The van der Waals surface area contributed by atoms with Crippen LogP contribution in [0.4, 0.5) is 18.9 Å². The van der Waals surface area contributed by atoms with Gasteiger partial charge in [-0.2, -0.15) is 13.2 Å². The Kier molecular flexibility index (Phi) is 3.35. The molecule has 26 heavy (non-hydrogen) atoms. The molecule has 0 aliphatic carbocycles. The summed E-state index contributed by atoms with van der Waals surface area (Å²) in [6, 6.07) is 5.98. The molecule has 7 heteroatoms. The van der Waals surface area contributed by atoms with E-state index in [1.807, 2.05) is 0 Å². The molecule has 4 heterocycles. The van der Waals surface area contributed by atoms with Gasteiger partial charge in [0.05, 0.1) is 22.8 Å². The SMILES string of the molecule is OC[C@H]1[C@H]2CN(c3ccnc4c(C(F)(F)F)cccc34)C[C@]23CC[C@H]1O3. The minimum Gasteiger partial charge on any atom is -0.396 e. The zero-order valence-electron chi connectivity index (χ0n) is 14.0. The standard InChI is InChI=1S/C19H19F3N2O2/c20-19(21,22)13-3-1-2-11-15(5-7-23-17(11)13)24-8-14-12(9-25)16-4-6-18(14,10-24)26-16/h1-3,5,7,12,14,16,25H,4,6,8-10H2/t12-,14+,16+,18+/m0/s1. The van der Waals surface area contributed by atoms with Gasteiger partial charge in [-0.1, -0.05) is 12.1 Å². The van der Waals surface area contributed by atoms with Crippen molar-refractivity contribution < 1.29 is 23.0 Å². The smallest absolute Gasteiger partial charge is 0.396 e. The normalized spacial score (nSPS) is 33.2. The van der Waals surface area contributed by atoms with E-state index >= 15 is 0 Å². The van der Waals surface area contributed by atoms with E-state index < -0.39 is 11.7 Å². The molecule has 138 valence electrons. The molecule has 0 radical (unpaired) electrons. The lowest BCUT2D eigenvalue weighted by atomic mass is 9.74. The molecule has 1 spiro atoms. The van der Waals surface area contributed by atoms with Crippen molar-refractivity contribution >= 4 is 16.6 Å². The van der Waals surface area contributed by atoms with Crippen molar-refractivity contribution in [3.05, 3.63) is 36.0 Å². The third kappa shape index (κ3) is 2.13. The van der Waals surface area contributed by atoms with Crippen LogP contribution in [0.1, 0.15) is 18.4 Å². The molecule has 3 aliphatic heterocycles. The van der Waals surface area contributed by atoms with Crippen LogP contribution in [0.5, 0.6) is 0 Å². The molecule has 3 aliphatic rings. The summed E-state index contributed by atoms with van der Waals surface area (Å²) < 4.78 is 46.2. The Labute approximate surface area is 148 Å². The highest BCUT2D eigenvalue weighted by atomic mass is 19.4. The lowest BCUT2D eigenvalue weighted by molar-refractivity contribution is -0.136. The van der Waals surface area contributed by atoms with Gasteiger partial charge in [0, 0.05) is 48.8 Å². The number of pyridine rings is 1. The fraction of sp³-hybridized carbons (Fsp3) is 0.526. The van der Waals surface area contributed by atoms with Crippen LogP contribution in [0.15, 0.2) is 30.5 Å². The molecular weight excluding hydrogens is 345 g/mol. The number of halogens is 3. The van der Waals surface area contributed by atoms with Gasteiger partial charge in [-0.3, -0.25) is 4.98 Å². The second-order valence-corrected chi connectivity index (χ2v) is 7.62. The zero-order chi connectivity index (χ0) is 18.1. The quantitative estimate of drug-likeness (QED) is 0.889. The summed E-state index contributed by atoms with van der Waals surface area (Å²) in [5.41, 5.74) is -0.237. The van der Waals surface area contributed by atoms with Crippen LogP contribution in [0, 0.1) is 11.8 Å². The first-order chi connectivity index (χ1) is 12.4. The number of fused-ring (bicyclic) bond motifs is 2. The minimum absolute atomic E-state index is 0.0176. The highest BCUT2D eigenvalue weighted by Crippen LogP contribution is 2.55. The third-order valence-corrected chi connectivity index (χ3v) is 6.39. The molecule has 2 bridgehead atoms. The third-order valence-electron chi connectivity index (χ3n) is 6.39. The van der Waals surface area contributed by atoms with Crippen molar-refractivity contribution in [3.63, 3.8) is 0 Å². The number of alkyl halides is 3. The lowest BCUT2D eigenvalue weighted by Gasteiger charge is -2.27. The average molecular weight is 364 g/mol. The molecule has 4 nitrogen and oxygen atoms in total. The summed E-state index contributed by atoms with van der Waals surface area (Å²) in [5, 5.41) is 10.3. The van der Waals surface area contributed by atoms with E-state index in [1.54, 1.807) is 12.1 Å². The van der Waals surface area contributed by atoms with Crippen LogP contribution >= 0.6 is 0 Å². The van der Waals surface area contributed by atoms with Gasteiger partial charge in [0.25, 0.3) is 0 Å². The summed E-state index contributed by atoms with van der Waals surface area (Å²) in [6.07, 6.45) is -0.967. The predicted molar refractivity (Wildman–Crippen MR) is 89.9 cm³/mol. The number of nitrogens with zero attached hydrogens (tertiary/aromatic N) is 2. The Morgan fingerprint density at radius 1 is 1.31 bits per heavy atom. The fourth-order valence-corrected chi connectivity index (χ4v) is 5.28. The number of anilines is 1. The van der Waals surface area contributed by atoms with Gasteiger partial charge in [0.15, 0.2) is 0 Å². The van der Waals surface area contributed by atoms with Crippen LogP contribution in [0.3, 0.4) is 0 Å². The highest BCUT2D eigenvalue weighted by Gasteiger charge is 2.62. The first-order valence-electron chi connectivity index (χ1n) is 8.91. The molecule has 0 saturated carbocycles. The number of ether oxygens (including phenoxy) is 1. The van der Waals surface area contributed by atoms with E-state index in [0.717, 1.165) is 24.6 Å². The molecule has 0 amide bonds. The minimum atomic E-state index is -4.44. The molecule has 2 aromatic rings. The Hall–Kier alpha value is -1.86. The first-order valence-corrected chi connectivity index (χ1v) is 8.91. The van der Waals surface area contributed by atoms with Gasteiger partial charge in [-0.15, -0.1) is 0 Å². The number of benzene rings is 1. The maximum absolute atomic E-state index is 13.3. The van der Waals surface area contributed by atoms with Crippen LogP contribution < -0.4 is 4.90 Å². The number of hydrogen-bond donors (Lipinski definition) is 1. The van der Waals surface area contributed by atoms with Gasteiger partial charge in [0.2, 0.25) is 0 Å². The predicted octanol–water partition coefficient (Wildman–Crippen LogP) is 3.23. The molecule has 3 saturated heterocycles. The van der Waals surface area contributed by atoms with Crippen LogP contribution in [-0.4, -0.2) is 41.5 Å². The van der Waals surface area contributed by atoms with Crippen LogP contribution in [0.25, 0.3) is 10.9 Å². The van der Waals surface area contributed by atoms with Gasteiger partial charge < -0.3 is 14.7 Å². The maximum atomic E-state index is 13.3. The summed E-state index contributed by atoms with van der Waals surface area (Å²) in [7, 11) is 0. The van der Waals surface area contributed by atoms with E-state index in [0.29, 0.717) is 18.5 Å². The van der Waals surface area contributed by atoms with Crippen molar-refractivity contribution in [3.8, 4) is 0 Å². The zero-order valence-corrected chi connectivity index (χ0v) is 14.0. The van der Waals surface area contributed by atoms with Crippen molar-refractivity contribution in [2.75, 3.05) is 24.6 Å². The number of aliphatic hydroxyl groups excluding tert-OH is 1. The lowest BCUT2D eigenvalue weighted by Crippen LogP contribution is -2.37. The second-order valence-electron chi connectivity index (χ2n) is 7.62. The van der Waals surface area contributed by atoms with Gasteiger partial charge in [0.1, 0.15) is 0 Å². The summed E-state index contributed by atoms with van der Waals surface area (Å²) in [6.45, 7) is 1.44. The summed E-state index contributed by atoms with van der Waals surface area (Å²) in [5.74, 6) is 0.341. The second kappa shape index (κ2) is 5.33. The number of para-hydroxylation sites is 1. The van der Waals surface area contributed by atoms with Gasteiger partial charge >= 0.3 is 6.18 Å². The molecule has 3 fully saturated rings. The Morgan fingerprint density at radius 3 is 2.92 bits per heavy atom. The number of rotatable bonds is 2. The van der Waals surface area contributed by atoms with Crippen molar-refractivity contribution in [2.24, 2.45) is 11.8 Å². The van der Waals surface area contributed by atoms with E-state index in [4.69, 9.17) is 4.74 Å². The maximum Gasteiger partial charge on any atom is 0.418 e. The monoisotopic (exact) mass is 364 g/mol. The van der Waals surface area contributed by atoms with E-state index in [1.165, 1.54) is 12.3 Å². The molecule has 1 N–H and O–H groups in total. The van der Waals surface area contributed by atoms with Crippen molar-refractivity contribution in [1.29, 1.82) is 0 Å². The molecule has 0 unspecified atom stereocenters. The molecule has 5 rings (SSSR count). The summed E-state index contributed by atoms with van der Waals surface area (Å²) >= 11 is 0. The van der Waals surface area contributed by atoms with Gasteiger partial charge in [-0.25, -0.2) is 0 Å². The number of hydrogen-bond acceptors (Lipinski definition) is 4. The Morgan fingerprint density at radius 2 is 2.15 bits per heavy atom. The van der Waals surface area contributed by atoms with E-state index in [9.17, 15) is 18.3 Å². The average Bonchev–Trinajstić information content (AvgIpc) is 3.27. The van der Waals surface area contributed by atoms with Gasteiger partial charge in [-0.05, 0) is 25.0 Å². The molecule has 4 atom stereocenters. The summed E-state index contributed by atoms with van der Waals surface area (Å²) in [4.78, 5) is 6.12. The molecule has 1 aromatic carbocycles. The van der Waals surface area contributed by atoms with E-state index in [2.05, 4.69) is 9.88 Å². The topological polar surface area (TPSA) is 45.6 Å². The largest absolute Gasteiger partial charge is 0.418 e. The van der Waals surface area contributed by atoms with E-state index in [-0.39, 0.29) is 35.7 Å². The molecular formula is C19H19F3N2O2. The first kappa shape index (κ1) is 16.3. The van der Waals surface area contributed by atoms with Crippen molar-refractivity contribution in [1.82, 2.24) is 4.98 Å². The van der Waals surface area contributed by atoms with Crippen molar-refractivity contribution in [2.45, 2.75) is 30.7 Å². The number of aromatic nitrogens is 1.